The normalized spacial score (nSPS) is 8.93. The molecule has 0 aliphatic heterocycles. The van der Waals surface area contributed by atoms with E-state index in [0.29, 0.717) is 6.61 Å². The van der Waals surface area contributed by atoms with Crippen molar-refractivity contribution in [3.05, 3.63) is 0 Å². The topological polar surface area (TPSA) is 63.6 Å². The first kappa shape index (κ1) is 16.0. The van der Waals surface area contributed by atoms with Crippen molar-refractivity contribution in [3.63, 3.8) is 0 Å². The number of carboxylic acid groups (broad SMARTS) is 1. The van der Waals surface area contributed by atoms with Crippen LogP contribution in [0.25, 0.3) is 0 Å². The van der Waals surface area contributed by atoms with Crippen molar-refractivity contribution in [1.29, 1.82) is 0 Å². The predicted molar refractivity (Wildman–Crippen MR) is 54.5 cm³/mol. The molecule has 5 heteroatoms. The molecule has 0 rings (SSSR count). The minimum atomic E-state index is -1.14. The van der Waals surface area contributed by atoms with Gasteiger partial charge in [0.15, 0.2) is 0 Å². The van der Waals surface area contributed by atoms with Gasteiger partial charge in [0, 0.05) is 0 Å². The van der Waals surface area contributed by atoms with E-state index >= 15 is 0 Å². The SMILES string of the molecule is CCCCCCOC(=O)CC(=O)O.[LiH]. The van der Waals surface area contributed by atoms with E-state index in [1.807, 2.05) is 0 Å². The van der Waals surface area contributed by atoms with E-state index in [-0.39, 0.29) is 18.9 Å². The molecule has 0 unspecified atom stereocenters. The van der Waals surface area contributed by atoms with E-state index in [0.717, 1.165) is 25.7 Å². The van der Waals surface area contributed by atoms with Crippen molar-refractivity contribution in [2.45, 2.75) is 39.0 Å². The number of unbranched alkanes of at least 4 members (excludes halogenated alkanes) is 3. The fraction of sp³-hybridized carbons (Fsp3) is 0.778. The van der Waals surface area contributed by atoms with Crippen LogP contribution in [0.4, 0.5) is 0 Å². The molecule has 14 heavy (non-hydrogen) atoms. The molecule has 78 valence electrons. The molecular formula is C9H17LiO4. The number of carboxylic acids is 1. The molecule has 0 amide bonds. The first-order valence-electron chi connectivity index (χ1n) is 4.54. The molecule has 1 N–H and O–H groups in total. The Morgan fingerprint density at radius 2 is 1.86 bits per heavy atom. The van der Waals surface area contributed by atoms with E-state index < -0.39 is 18.4 Å². The Balaban J connectivity index is 0. The second-order valence-corrected chi connectivity index (χ2v) is 2.85. The standard InChI is InChI=1S/C9H16O4.Li.H/c1-2-3-4-5-6-13-9(12)7-8(10)11;;/h2-7H2,1H3,(H,10,11);;. The van der Waals surface area contributed by atoms with E-state index in [1.165, 1.54) is 0 Å². The van der Waals surface area contributed by atoms with Crippen LogP contribution in [0.1, 0.15) is 39.0 Å². The molecule has 0 saturated heterocycles. The summed E-state index contributed by atoms with van der Waals surface area (Å²) in [4.78, 5) is 20.7. The van der Waals surface area contributed by atoms with Crippen LogP contribution in [-0.4, -0.2) is 42.5 Å². The van der Waals surface area contributed by atoms with Gasteiger partial charge < -0.3 is 9.84 Å². The Morgan fingerprint density at radius 3 is 2.36 bits per heavy atom. The average Bonchev–Trinajstić information content (AvgIpc) is 2.02. The summed E-state index contributed by atoms with van der Waals surface area (Å²) in [6.07, 6.45) is 3.56. The third-order valence-electron chi connectivity index (χ3n) is 1.56. The predicted octanol–water partition coefficient (Wildman–Crippen LogP) is 0.936. The van der Waals surface area contributed by atoms with Crippen LogP contribution in [0.15, 0.2) is 0 Å². The maximum absolute atomic E-state index is 10.7. The number of hydrogen-bond donors (Lipinski definition) is 1. The summed E-state index contributed by atoms with van der Waals surface area (Å²) in [6.45, 7) is 2.43. The van der Waals surface area contributed by atoms with Crippen molar-refractivity contribution in [3.8, 4) is 0 Å². The van der Waals surface area contributed by atoms with E-state index in [1.54, 1.807) is 0 Å². The molecule has 0 aromatic carbocycles. The molecule has 4 nitrogen and oxygen atoms in total. The van der Waals surface area contributed by atoms with Gasteiger partial charge in [0.1, 0.15) is 6.42 Å². The fourth-order valence-corrected chi connectivity index (χ4v) is 0.889. The van der Waals surface area contributed by atoms with Gasteiger partial charge in [-0.2, -0.15) is 0 Å². The molecule has 0 bridgehead atoms. The molecule has 0 spiro atoms. The monoisotopic (exact) mass is 196 g/mol. The zero-order chi connectivity index (χ0) is 10.1. The summed E-state index contributed by atoms with van der Waals surface area (Å²) in [5, 5.41) is 8.22. The van der Waals surface area contributed by atoms with Gasteiger partial charge in [-0.3, -0.25) is 9.59 Å². The first-order chi connectivity index (χ1) is 6.16. The van der Waals surface area contributed by atoms with Crippen molar-refractivity contribution in [1.82, 2.24) is 0 Å². The van der Waals surface area contributed by atoms with Crippen LogP contribution in [0.5, 0.6) is 0 Å². The van der Waals surface area contributed by atoms with Gasteiger partial charge in [0.05, 0.1) is 6.61 Å². The van der Waals surface area contributed by atoms with Gasteiger partial charge in [-0.25, -0.2) is 0 Å². The van der Waals surface area contributed by atoms with Crippen LogP contribution < -0.4 is 0 Å². The van der Waals surface area contributed by atoms with Gasteiger partial charge in [-0.15, -0.1) is 0 Å². The quantitative estimate of drug-likeness (QED) is 0.285. The van der Waals surface area contributed by atoms with Crippen LogP contribution in [-0.2, 0) is 14.3 Å². The molecule has 0 aliphatic rings. The summed E-state index contributed by atoms with van der Waals surface area (Å²) in [5.41, 5.74) is 0. The number of ether oxygens (including phenoxy) is 1. The maximum atomic E-state index is 10.7. The molecule has 0 aromatic rings. The van der Waals surface area contributed by atoms with Crippen LogP contribution in [0.2, 0.25) is 0 Å². The summed E-state index contributed by atoms with van der Waals surface area (Å²) in [5.74, 6) is -1.79. The Labute approximate surface area is 96.2 Å². The Kier molecular flexibility index (Phi) is 12.1. The number of aliphatic carboxylic acids is 1. The number of rotatable bonds is 7. The number of esters is 1. The number of carbonyl (C=O) groups is 2. The number of hydrogen-bond acceptors (Lipinski definition) is 3. The average molecular weight is 196 g/mol. The van der Waals surface area contributed by atoms with Crippen LogP contribution in [0.3, 0.4) is 0 Å². The van der Waals surface area contributed by atoms with Gasteiger partial charge in [0.25, 0.3) is 0 Å². The Hall–Kier alpha value is -0.463. The summed E-state index contributed by atoms with van der Waals surface area (Å²) < 4.78 is 4.68. The van der Waals surface area contributed by atoms with Crippen molar-refractivity contribution in [2.75, 3.05) is 6.61 Å². The molecule has 0 heterocycles. The van der Waals surface area contributed by atoms with Crippen molar-refractivity contribution in [2.24, 2.45) is 0 Å². The second-order valence-electron chi connectivity index (χ2n) is 2.85. The Morgan fingerprint density at radius 1 is 1.21 bits per heavy atom. The third kappa shape index (κ3) is 11.5. The van der Waals surface area contributed by atoms with Crippen LogP contribution in [0, 0.1) is 0 Å². The van der Waals surface area contributed by atoms with Crippen LogP contribution >= 0.6 is 0 Å². The molecular weight excluding hydrogens is 179 g/mol. The van der Waals surface area contributed by atoms with Gasteiger partial charge >= 0.3 is 30.8 Å². The molecule has 0 saturated carbocycles. The van der Waals surface area contributed by atoms with E-state index in [2.05, 4.69) is 11.7 Å². The van der Waals surface area contributed by atoms with Gasteiger partial charge in [-0.1, -0.05) is 26.2 Å². The molecule has 0 aromatic heterocycles. The fourth-order valence-electron chi connectivity index (χ4n) is 0.889. The van der Waals surface area contributed by atoms with E-state index in [9.17, 15) is 9.59 Å². The van der Waals surface area contributed by atoms with Crippen molar-refractivity contribution >= 4 is 30.8 Å². The first-order valence-corrected chi connectivity index (χ1v) is 4.54. The summed E-state index contributed by atoms with van der Waals surface area (Å²) in [6, 6.07) is 0. The van der Waals surface area contributed by atoms with Gasteiger partial charge in [-0.05, 0) is 6.42 Å². The summed E-state index contributed by atoms with van der Waals surface area (Å²) >= 11 is 0. The summed E-state index contributed by atoms with van der Waals surface area (Å²) in [7, 11) is 0. The Bertz CT molecular complexity index is 170. The molecule has 0 fully saturated rings. The van der Waals surface area contributed by atoms with E-state index in [4.69, 9.17) is 5.11 Å². The zero-order valence-electron chi connectivity index (χ0n) is 7.91. The minimum absolute atomic E-state index is 0. The zero-order valence-corrected chi connectivity index (χ0v) is 7.91. The second kappa shape index (κ2) is 10.6. The molecule has 0 aliphatic carbocycles. The third-order valence-corrected chi connectivity index (χ3v) is 1.56. The van der Waals surface area contributed by atoms with Gasteiger partial charge in [0.2, 0.25) is 0 Å². The molecule has 0 radical (unpaired) electrons. The van der Waals surface area contributed by atoms with Crippen molar-refractivity contribution < 1.29 is 19.4 Å². The molecule has 0 atom stereocenters. The number of carbonyl (C=O) groups excluding carboxylic acids is 1.